The Morgan fingerprint density at radius 2 is 1.79 bits per heavy atom. The number of halogens is 4. The summed E-state index contributed by atoms with van der Waals surface area (Å²) >= 11 is 0. The van der Waals surface area contributed by atoms with Gasteiger partial charge in [-0.1, -0.05) is 26.8 Å². The van der Waals surface area contributed by atoms with E-state index in [0.717, 1.165) is 18.6 Å². The Morgan fingerprint density at radius 1 is 1.21 bits per heavy atom. The zero-order valence-electron chi connectivity index (χ0n) is 11.5. The summed E-state index contributed by atoms with van der Waals surface area (Å²) in [5, 5.41) is 3.05. The molecule has 1 unspecified atom stereocenters. The highest BCUT2D eigenvalue weighted by Gasteiger charge is 2.35. The van der Waals surface area contributed by atoms with E-state index in [1.54, 1.807) is 7.05 Å². The van der Waals surface area contributed by atoms with Crippen molar-refractivity contribution in [2.24, 2.45) is 5.41 Å². The van der Waals surface area contributed by atoms with E-state index in [4.69, 9.17) is 0 Å². The zero-order chi connectivity index (χ0) is 14.8. The fraction of sp³-hybridized carbons (Fsp3) is 0.571. The molecule has 1 atom stereocenters. The molecule has 0 heterocycles. The molecule has 1 rings (SSSR count). The van der Waals surface area contributed by atoms with Crippen LogP contribution in [0.3, 0.4) is 0 Å². The Kier molecular flexibility index (Phi) is 4.61. The highest BCUT2D eigenvalue weighted by atomic mass is 19.4. The second-order valence-corrected chi connectivity index (χ2v) is 5.30. The van der Waals surface area contributed by atoms with Crippen molar-refractivity contribution in [3.8, 4) is 0 Å². The van der Waals surface area contributed by atoms with Crippen LogP contribution in [0, 0.1) is 11.2 Å². The minimum absolute atomic E-state index is 0.180. The predicted octanol–water partition coefficient (Wildman–Crippen LogP) is 4.54. The van der Waals surface area contributed by atoms with Crippen LogP contribution in [0.15, 0.2) is 18.2 Å². The molecular formula is C14H19F4N. The predicted molar refractivity (Wildman–Crippen MR) is 67.3 cm³/mol. The Labute approximate surface area is 111 Å². The summed E-state index contributed by atoms with van der Waals surface area (Å²) in [5.41, 5.74) is -0.874. The molecule has 5 heteroatoms. The lowest BCUT2D eigenvalue weighted by molar-refractivity contribution is -0.140. The summed E-state index contributed by atoms with van der Waals surface area (Å²) in [7, 11) is 1.72. The first-order chi connectivity index (χ1) is 8.63. The molecule has 0 spiro atoms. The lowest BCUT2D eigenvalue weighted by atomic mass is 9.78. The van der Waals surface area contributed by atoms with Crippen LogP contribution in [-0.2, 0) is 6.18 Å². The van der Waals surface area contributed by atoms with Crippen LogP contribution in [0.4, 0.5) is 17.6 Å². The van der Waals surface area contributed by atoms with Crippen LogP contribution < -0.4 is 5.32 Å². The van der Waals surface area contributed by atoms with E-state index in [9.17, 15) is 17.6 Å². The molecule has 0 aromatic heterocycles. The number of hydrogen-bond acceptors (Lipinski definition) is 1. The Hall–Kier alpha value is -1.10. The smallest absolute Gasteiger partial charge is 0.313 e. The average Bonchev–Trinajstić information content (AvgIpc) is 2.28. The van der Waals surface area contributed by atoms with Crippen molar-refractivity contribution < 1.29 is 17.6 Å². The summed E-state index contributed by atoms with van der Waals surface area (Å²) in [5.74, 6) is -1.22. The number of benzene rings is 1. The van der Waals surface area contributed by atoms with Gasteiger partial charge in [-0.25, -0.2) is 4.39 Å². The van der Waals surface area contributed by atoms with Gasteiger partial charge < -0.3 is 5.32 Å². The van der Waals surface area contributed by atoms with Gasteiger partial charge in [-0.3, -0.25) is 0 Å². The molecule has 0 aliphatic carbocycles. The van der Waals surface area contributed by atoms with E-state index in [2.05, 4.69) is 5.32 Å². The Morgan fingerprint density at radius 3 is 2.16 bits per heavy atom. The molecule has 0 bridgehead atoms. The largest absolute Gasteiger partial charge is 0.419 e. The first-order valence-electron chi connectivity index (χ1n) is 6.17. The minimum atomic E-state index is -4.65. The van der Waals surface area contributed by atoms with E-state index < -0.39 is 17.6 Å². The fourth-order valence-corrected chi connectivity index (χ4v) is 2.15. The van der Waals surface area contributed by atoms with Gasteiger partial charge in [0.15, 0.2) is 0 Å². The van der Waals surface area contributed by atoms with Crippen molar-refractivity contribution in [3.63, 3.8) is 0 Å². The molecule has 0 saturated heterocycles. The maximum absolute atomic E-state index is 13.6. The molecule has 0 radical (unpaired) electrons. The summed E-state index contributed by atoms with van der Waals surface area (Å²) in [6.45, 7) is 5.97. The molecule has 1 N–H and O–H groups in total. The van der Waals surface area contributed by atoms with Gasteiger partial charge in [-0.15, -0.1) is 0 Å². The van der Waals surface area contributed by atoms with Gasteiger partial charge in [0, 0.05) is 6.04 Å². The Balaban J connectivity index is 3.20. The molecule has 1 aromatic carbocycles. The van der Waals surface area contributed by atoms with Crippen LogP contribution in [0.1, 0.15) is 44.4 Å². The number of nitrogens with one attached hydrogen (secondary N) is 1. The van der Waals surface area contributed by atoms with Crippen LogP contribution in [0.25, 0.3) is 0 Å². The van der Waals surface area contributed by atoms with E-state index in [1.165, 1.54) is 6.07 Å². The number of hydrogen-bond donors (Lipinski definition) is 1. The standard InChI is InChI=1S/C14H19F4N/c1-5-13(2,3)12(19-4)9-6-7-10(11(15)8-9)14(16,17)18/h6-8,12,19H,5H2,1-4H3. The molecule has 0 aliphatic heterocycles. The van der Waals surface area contributed by atoms with Crippen molar-refractivity contribution in [1.82, 2.24) is 5.32 Å². The third kappa shape index (κ3) is 3.47. The Bertz CT molecular complexity index is 438. The van der Waals surface area contributed by atoms with Crippen LogP contribution in [-0.4, -0.2) is 7.05 Å². The summed E-state index contributed by atoms with van der Waals surface area (Å²) < 4.78 is 51.1. The topological polar surface area (TPSA) is 12.0 Å². The lowest BCUT2D eigenvalue weighted by Gasteiger charge is -2.34. The highest BCUT2D eigenvalue weighted by Crippen LogP contribution is 2.38. The van der Waals surface area contributed by atoms with Crippen LogP contribution in [0.2, 0.25) is 0 Å². The molecule has 0 saturated carbocycles. The van der Waals surface area contributed by atoms with Gasteiger partial charge in [0.25, 0.3) is 0 Å². The van der Waals surface area contributed by atoms with Gasteiger partial charge in [0.1, 0.15) is 5.82 Å². The van der Waals surface area contributed by atoms with Gasteiger partial charge >= 0.3 is 6.18 Å². The van der Waals surface area contributed by atoms with E-state index >= 15 is 0 Å². The summed E-state index contributed by atoms with van der Waals surface area (Å²) in [4.78, 5) is 0. The maximum atomic E-state index is 13.6. The second kappa shape index (κ2) is 5.49. The second-order valence-electron chi connectivity index (χ2n) is 5.30. The quantitative estimate of drug-likeness (QED) is 0.797. The first kappa shape index (κ1) is 16.0. The zero-order valence-corrected chi connectivity index (χ0v) is 11.5. The van der Waals surface area contributed by atoms with E-state index in [-0.39, 0.29) is 11.5 Å². The normalized spacial score (nSPS) is 14.5. The molecule has 108 valence electrons. The van der Waals surface area contributed by atoms with Gasteiger partial charge in [0.05, 0.1) is 5.56 Å². The minimum Gasteiger partial charge on any atom is -0.313 e. The van der Waals surface area contributed by atoms with Gasteiger partial charge in [0.2, 0.25) is 0 Å². The highest BCUT2D eigenvalue weighted by molar-refractivity contribution is 5.29. The van der Waals surface area contributed by atoms with Crippen molar-refractivity contribution in [2.45, 2.75) is 39.4 Å². The van der Waals surface area contributed by atoms with E-state index in [1.807, 2.05) is 20.8 Å². The summed E-state index contributed by atoms with van der Waals surface area (Å²) in [6, 6.07) is 2.92. The number of alkyl halides is 3. The van der Waals surface area contributed by atoms with Crippen LogP contribution >= 0.6 is 0 Å². The van der Waals surface area contributed by atoms with Crippen molar-refractivity contribution in [3.05, 3.63) is 35.1 Å². The third-order valence-corrected chi connectivity index (χ3v) is 3.61. The fourth-order valence-electron chi connectivity index (χ4n) is 2.15. The molecule has 0 aliphatic rings. The monoisotopic (exact) mass is 277 g/mol. The SMILES string of the molecule is CCC(C)(C)C(NC)c1ccc(C(F)(F)F)c(F)c1. The molecule has 0 amide bonds. The number of rotatable bonds is 4. The third-order valence-electron chi connectivity index (χ3n) is 3.61. The van der Waals surface area contributed by atoms with E-state index in [0.29, 0.717) is 5.56 Å². The van der Waals surface area contributed by atoms with Crippen LogP contribution in [0.5, 0.6) is 0 Å². The van der Waals surface area contributed by atoms with Crippen molar-refractivity contribution >= 4 is 0 Å². The molecule has 19 heavy (non-hydrogen) atoms. The molecular weight excluding hydrogens is 258 g/mol. The molecule has 0 fully saturated rings. The average molecular weight is 277 g/mol. The summed E-state index contributed by atoms with van der Waals surface area (Å²) in [6.07, 6.45) is -3.83. The maximum Gasteiger partial charge on any atom is 0.419 e. The first-order valence-corrected chi connectivity index (χ1v) is 6.17. The lowest BCUT2D eigenvalue weighted by Crippen LogP contribution is -2.31. The molecule has 1 aromatic rings. The molecule has 1 nitrogen and oxygen atoms in total. The van der Waals surface area contributed by atoms with Crippen molar-refractivity contribution in [1.29, 1.82) is 0 Å². The van der Waals surface area contributed by atoms with Gasteiger partial charge in [-0.2, -0.15) is 13.2 Å². The van der Waals surface area contributed by atoms with Crippen molar-refractivity contribution in [2.75, 3.05) is 7.05 Å². The van der Waals surface area contributed by atoms with Gasteiger partial charge in [-0.05, 0) is 36.6 Å².